The lowest BCUT2D eigenvalue weighted by Crippen LogP contribution is -1.97. The molecular weight excluding hydrogens is 508 g/mol. The summed E-state index contributed by atoms with van der Waals surface area (Å²) in [6, 6.07) is 32.0. The molecule has 0 atom stereocenters. The van der Waals surface area contributed by atoms with E-state index in [-0.39, 0.29) is 0 Å². The van der Waals surface area contributed by atoms with E-state index in [9.17, 15) is 5.26 Å². The number of hydrogen-bond donors (Lipinski definition) is 0. The highest BCUT2D eigenvalue weighted by Crippen LogP contribution is 2.36. The average molecular weight is 529 g/mol. The molecule has 0 aliphatic rings. The van der Waals surface area contributed by atoms with Crippen molar-refractivity contribution in [3.8, 4) is 62.6 Å². The maximum atomic E-state index is 9.47. The zero-order chi connectivity index (χ0) is 28.0. The van der Waals surface area contributed by atoms with Crippen molar-refractivity contribution in [3.63, 3.8) is 0 Å². The Hall–Kier alpha value is -6.18. The summed E-state index contributed by atoms with van der Waals surface area (Å²) in [5, 5.41) is 9.47. The zero-order valence-corrected chi connectivity index (χ0v) is 21.6. The molecule has 0 fully saturated rings. The molecule has 2 aromatic carbocycles. The lowest BCUT2D eigenvalue weighted by Gasteiger charge is -2.14. The Balaban J connectivity index is 1.45. The van der Waals surface area contributed by atoms with Gasteiger partial charge in [0.05, 0.1) is 29.6 Å². The maximum Gasteiger partial charge on any atom is 0.221 e. The van der Waals surface area contributed by atoms with Gasteiger partial charge >= 0.3 is 0 Å². The molecule has 6 rings (SSSR count). The second-order valence-electron chi connectivity index (χ2n) is 9.02. The summed E-state index contributed by atoms with van der Waals surface area (Å²) in [6.07, 6.45) is 6.93. The Labute approximate surface area is 236 Å². The summed E-state index contributed by atoms with van der Waals surface area (Å²) in [7, 11) is 0. The molecule has 6 aromatic rings. The van der Waals surface area contributed by atoms with Gasteiger partial charge in [-0.1, -0.05) is 30.3 Å². The number of ether oxygens (including phenoxy) is 1. The molecule has 0 aliphatic carbocycles. The number of aromatic nitrogens is 4. The quantitative estimate of drug-likeness (QED) is 0.203. The summed E-state index contributed by atoms with van der Waals surface area (Å²) < 4.78 is 6.23. The third kappa shape index (κ3) is 5.37. The van der Waals surface area contributed by atoms with Gasteiger partial charge in [0.15, 0.2) is 5.69 Å². The van der Waals surface area contributed by atoms with Crippen LogP contribution in [0.5, 0.6) is 11.8 Å². The standard InChI is InChI=1S/C34H20N6O/c1-36-28-7-3-6-27(21-28)34-30(25-14-18-38-19-15-25)9-11-32(40-34)41-31-10-8-29(24-12-16-37-17-13-24)33(39-31)26-5-2-4-23(20-26)22-35/h2-21H. The number of hydrogen-bond acceptors (Lipinski definition) is 6. The van der Waals surface area contributed by atoms with Crippen LogP contribution in [0.15, 0.2) is 122 Å². The van der Waals surface area contributed by atoms with Gasteiger partial charge in [-0.05, 0) is 71.3 Å². The van der Waals surface area contributed by atoms with E-state index in [0.29, 0.717) is 34.4 Å². The molecular formula is C34H20N6O. The molecule has 0 unspecified atom stereocenters. The Bertz CT molecular complexity index is 1800. The Morgan fingerprint density at radius 3 is 1.68 bits per heavy atom. The zero-order valence-electron chi connectivity index (χ0n) is 21.6. The highest BCUT2D eigenvalue weighted by Gasteiger charge is 2.15. The first-order valence-corrected chi connectivity index (χ1v) is 12.7. The van der Waals surface area contributed by atoms with E-state index in [1.54, 1.807) is 55.1 Å². The molecule has 0 saturated heterocycles. The Morgan fingerprint density at radius 2 is 1.15 bits per heavy atom. The predicted molar refractivity (Wildman–Crippen MR) is 157 cm³/mol. The highest BCUT2D eigenvalue weighted by molar-refractivity contribution is 5.83. The lowest BCUT2D eigenvalue weighted by molar-refractivity contribution is 0.446. The molecule has 7 nitrogen and oxygen atoms in total. The first-order valence-electron chi connectivity index (χ1n) is 12.7. The number of pyridine rings is 4. The third-order valence-corrected chi connectivity index (χ3v) is 6.44. The van der Waals surface area contributed by atoms with E-state index in [0.717, 1.165) is 33.4 Å². The van der Waals surface area contributed by atoms with E-state index < -0.39 is 0 Å². The van der Waals surface area contributed by atoms with Gasteiger partial charge in [-0.2, -0.15) is 5.26 Å². The Kier molecular flexibility index (Phi) is 6.91. The van der Waals surface area contributed by atoms with Crippen LogP contribution in [0, 0.1) is 17.9 Å². The van der Waals surface area contributed by atoms with Crippen molar-refractivity contribution < 1.29 is 4.74 Å². The second-order valence-corrected chi connectivity index (χ2v) is 9.02. The minimum absolute atomic E-state index is 0.352. The van der Waals surface area contributed by atoms with Crippen LogP contribution in [0.25, 0.3) is 49.6 Å². The molecule has 0 radical (unpaired) electrons. The fourth-order valence-electron chi connectivity index (χ4n) is 4.53. The molecule has 0 spiro atoms. The number of benzene rings is 2. The molecule has 0 bridgehead atoms. The van der Waals surface area contributed by atoms with E-state index in [4.69, 9.17) is 21.3 Å². The van der Waals surface area contributed by atoms with Gasteiger partial charge in [-0.25, -0.2) is 14.8 Å². The molecule has 7 heteroatoms. The summed E-state index contributed by atoms with van der Waals surface area (Å²) in [5.74, 6) is 0.706. The summed E-state index contributed by atoms with van der Waals surface area (Å²) >= 11 is 0. The van der Waals surface area contributed by atoms with Gasteiger partial charge < -0.3 is 4.74 Å². The van der Waals surface area contributed by atoms with Gasteiger partial charge in [0, 0.05) is 53.6 Å². The van der Waals surface area contributed by atoms with Crippen molar-refractivity contribution in [2.24, 2.45) is 0 Å². The molecule has 0 saturated carbocycles. The van der Waals surface area contributed by atoms with Crippen molar-refractivity contribution in [1.82, 2.24) is 19.9 Å². The smallest absolute Gasteiger partial charge is 0.221 e. The lowest BCUT2D eigenvalue weighted by atomic mass is 9.99. The van der Waals surface area contributed by atoms with E-state index >= 15 is 0 Å². The van der Waals surface area contributed by atoms with Gasteiger partial charge in [0.25, 0.3) is 0 Å². The first kappa shape index (κ1) is 25.1. The molecule has 0 N–H and O–H groups in total. The fraction of sp³-hybridized carbons (Fsp3) is 0. The van der Waals surface area contributed by atoms with Gasteiger partial charge in [-0.15, -0.1) is 0 Å². The summed E-state index contributed by atoms with van der Waals surface area (Å²) in [6.45, 7) is 7.45. The van der Waals surface area contributed by atoms with Crippen LogP contribution in [0.2, 0.25) is 0 Å². The third-order valence-electron chi connectivity index (χ3n) is 6.44. The van der Waals surface area contributed by atoms with E-state index in [2.05, 4.69) is 20.9 Å². The average Bonchev–Trinajstić information content (AvgIpc) is 3.05. The molecule has 4 heterocycles. The van der Waals surface area contributed by atoms with Crippen molar-refractivity contribution in [3.05, 3.63) is 139 Å². The van der Waals surface area contributed by atoms with Crippen LogP contribution in [-0.4, -0.2) is 19.9 Å². The predicted octanol–water partition coefficient (Wildman–Crippen LogP) is 8.15. The van der Waals surface area contributed by atoms with E-state index in [1.807, 2.05) is 66.7 Å². The van der Waals surface area contributed by atoms with E-state index in [1.165, 1.54) is 0 Å². The van der Waals surface area contributed by atoms with Gasteiger partial charge in [0.1, 0.15) is 0 Å². The van der Waals surface area contributed by atoms with Crippen LogP contribution in [0.3, 0.4) is 0 Å². The van der Waals surface area contributed by atoms with Crippen molar-refractivity contribution in [2.45, 2.75) is 0 Å². The van der Waals surface area contributed by atoms with Crippen LogP contribution in [0.4, 0.5) is 5.69 Å². The highest BCUT2D eigenvalue weighted by atomic mass is 16.5. The van der Waals surface area contributed by atoms with Crippen LogP contribution in [-0.2, 0) is 0 Å². The molecule has 4 aromatic heterocycles. The Morgan fingerprint density at radius 1 is 0.610 bits per heavy atom. The molecule has 0 amide bonds. The number of rotatable bonds is 6. The monoisotopic (exact) mass is 528 g/mol. The number of nitrogens with zero attached hydrogens (tertiary/aromatic N) is 6. The van der Waals surface area contributed by atoms with Crippen LogP contribution in [0.1, 0.15) is 5.56 Å². The second kappa shape index (κ2) is 11.3. The number of nitriles is 1. The minimum Gasteiger partial charge on any atom is -0.421 e. The van der Waals surface area contributed by atoms with Crippen molar-refractivity contribution in [2.75, 3.05) is 0 Å². The van der Waals surface area contributed by atoms with Gasteiger partial charge in [0.2, 0.25) is 11.8 Å². The largest absolute Gasteiger partial charge is 0.421 e. The minimum atomic E-state index is 0.352. The fourth-order valence-corrected chi connectivity index (χ4v) is 4.53. The van der Waals surface area contributed by atoms with Gasteiger partial charge in [-0.3, -0.25) is 9.97 Å². The summed E-state index contributed by atoms with van der Waals surface area (Å²) in [5.41, 5.74) is 7.65. The molecule has 192 valence electrons. The normalized spacial score (nSPS) is 10.4. The van der Waals surface area contributed by atoms with Crippen LogP contribution >= 0.6 is 0 Å². The first-order chi connectivity index (χ1) is 20.2. The SMILES string of the molecule is [C-]#[N+]c1cccc(-c2nc(Oc3ccc(-c4ccncc4)c(-c4cccc(C#N)c4)n3)ccc2-c2ccncc2)c1. The molecule has 41 heavy (non-hydrogen) atoms. The van der Waals surface area contributed by atoms with Crippen molar-refractivity contribution in [1.29, 1.82) is 5.26 Å². The van der Waals surface area contributed by atoms with Crippen LogP contribution < -0.4 is 4.74 Å². The van der Waals surface area contributed by atoms with Crippen molar-refractivity contribution >= 4 is 5.69 Å². The topological polar surface area (TPSA) is 88.9 Å². The summed E-state index contributed by atoms with van der Waals surface area (Å²) in [4.78, 5) is 21.6. The molecule has 0 aliphatic heterocycles. The maximum absolute atomic E-state index is 9.47.